The minimum Gasteiger partial charge on any atom is -0.468 e. The number of carbonyl (C=O) groups is 3. The monoisotopic (exact) mass is 451 g/mol. The highest BCUT2D eigenvalue weighted by Gasteiger charge is 2.15. The van der Waals surface area contributed by atoms with Gasteiger partial charge in [0.15, 0.2) is 4.80 Å². The molecule has 0 atom stereocenters. The maximum atomic E-state index is 12.7. The molecule has 0 radical (unpaired) electrons. The number of ether oxygens (including phenoxy) is 1. The number of nitrogens with zero attached hydrogens (tertiary/aromatic N) is 2. The van der Waals surface area contributed by atoms with Crippen LogP contribution in [0.25, 0.3) is 10.2 Å². The molecule has 0 unspecified atom stereocenters. The zero-order chi connectivity index (χ0) is 21.1. The number of aromatic nitrogens is 1. The molecule has 0 aliphatic rings. The summed E-state index contributed by atoms with van der Waals surface area (Å²) in [4.78, 5) is 40.3. The molecule has 0 saturated carbocycles. The SMILES string of the molecule is COC(=O)Cn1c(=NC(=O)c2cc(Cl)ccc2Cl)sc2cc(NC(C)=O)ccc21. The molecule has 1 N–H and O–H groups in total. The minimum absolute atomic E-state index is 0.134. The molecule has 1 aromatic heterocycles. The molecule has 2 aromatic carbocycles. The maximum absolute atomic E-state index is 12.7. The molecule has 7 nitrogen and oxygen atoms in total. The van der Waals surface area contributed by atoms with E-state index in [-0.39, 0.29) is 27.8 Å². The van der Waals surface area contributed by atoms with E-state index in [1.807, 2.05) is 0 Å². The fourth-order valence-corrected chi connectivity index (χ4v) is 4.03. The lowest BCUT2D eigenvalue weighted by molar-refractivity contribution is -0.141. The number of rotatable bonds is 4. The summed E-state index contributed by atoms with van der Waals surface area (Å²) in [7, 11) is 1.28. The van der Waals surface area contributed by atoms with Crippen LogP contribution in [0.4, 0.5) is 5.69 Å². The van der Waals surface area contributed by atoms with Crippen molar-refractivity contribution in [2.45, 2.75) is 13.5 Å². The van der Waals surface area contributed by atoms with Gasteiger partial charge in [0.2, 0.25) is 5.91 Å². The van der Waals surface area contributed by atoms with Crippen LogP contribution >= 0.6 is 34.5 Å². The molecule has 0 aliphatic heterocycles. The van der Waals surface area contributed by atoms with Gasteiger partial charge in [-0.1, -0.05) is 34.5 Å². The number of thiazole rings is 1. The molecule has 0 fully saturated rings. The lowest BCUT2D eigenvalue weighted by Gasteiger charge is -2.05. The summed E-state index contributed by atoms with van der Waals surface area (Å²) < 4.78 is 7.05. The molecule has 2 amide bonds. The molecular formula is C19H15Cl2N3O4S. The van der Waals surface area contributed by atoms with E-state index < -0.39 is 11.9 Å². The number of fused-ring (bicyclic) bond motifs is 1. The van der Waals surface area contributed by atoms with Crippen molar-refractivity contribution in [2.24, 2.45) is 4.99 Å². The van der Waals surface area contributed by atoms with Crippen LogP contribution in [0.1, 0.15) is 17.3 Å². The Balaban J connectivity index is 2.15. The molecule has 10 heteroatoms. The van der Waals surface area contributed by atoms with Crippen molar-refractivity contribution in [1.29, 1.82) is 0 Å². The molecule has 1 heterocycles. The van der Waals surface area contributed by atoms with Crippen molar-refractivity contribution in [3.8, 4) is 0 Å². The largest absolute Gasteiger partial charge is 0.468 e. The Morgan fingerprint density at radius 1 is 1.17 bits per heavy atom. The summed E-state index contributed by atoms with van der Waals surface area (Å²) in [5, 5.41) is 3.27. The van der Waals surface area contributed by atoms with Crippen LogP contribution in [0.15, 0.2) is 41.4 Å². The van der Waals surface area contributed by atoms with Crippen molar-refractivity contribution >= 4 is 68.2 Å². The van der Waals surface area contributed by atoms with Crippen molar-refractivity contribution in [3.63, 3.8) is 0 Å². The van der Waals surface area contributed by atoms with Crippen molar-refractivity contribution in [3.05, 3.63) is 56.8 Å². The Kier molecular flexibility index (Phi) is 6.36. The Labute approximate surface area is 179 Å². The first-order chi connectivity index (χ1) is 13.8. The molecular weight excluding hydrogens is 437 g/mol. The fraction of sp³-hybridized carbons (Fsp3) is 0.158. The summed E-state index contributed by atoms with van der Waals surface area (Å²) in [6, 6.07) is 9.69. The molecule has 0 spiro atoms. The second-order valence-electron chi connectivity index (χ2n) is 5.95. The third kappa shape index (κ3) is 4.84. The number of amides is 2. The summed E-state index contributed by atoms with van der Waals surface area (Å²) >= 11 is 13.2. The van der Waals surface area contributed by atoms with Crippen molar-refractivity contribution in [1.82, 2.24) is 4.57 Å². The van der Waals surface area contributed by atoms with Crippen LogP contribution in [-0.4, -0.2) is 29.5 Å². The fourth-order valence-electron chi connectivity index (χ4n) is 2.59. The summed E-state index contributed by atoms with van der Waals surface area (Å²) in [5.74, 6) is -1.30. The number of benzene rings is 2. The molecule has 3 rings (SSSR count). The smallest absolute Gasteiger partial charge is 0.325 e. The van der Waals surface area contributed by atoms with Gasteiger partial charge in [-0.2, -0.15) is 4.99 Å². The normalized spacial score (nSPS) is 11.5. The summed E-state index contributed by atoms with van der Waals surface area (Å²) in [6.07, 6.45) is 0. The van der Waals surface area contributed by atoms with Crippen LogP contribution in [-0.2, 0) is 20.9 Å². The first-order valence-electron chi connectivity index (χ1n) is 8.30. The highest BCUT2D eigenvalue weighted by Crippen LogP contribution is 2.24. The van der Waals surface area contributed by atoms with E-state index in [0.717, 1.165) is 4.70 Å². The molecule has 3 aromatic rings. The average molecular weight is 452 g/mol. The van der Waals surface area contributed by atoms with Crippen molar-refractivity contribution in [2.75, 3.05) is 12.4 Å². The van der Waals surface area contributed by atoms with Gasteiger partial charge >= 0.3 is 5.97 Å². The van der Waals surface area contributed by atoms with E-state index in [1.165, 1.54) is 37.5 Å². The van der Waals surface area contributed by atoms with Gasteiger partial charge in [-0.3, -0.25) is 14.4 Å². The van der Waals surface area contributed by atoms with Gasteiger partial charge in [-0.05, 0) is 36.4 Å². The van der Waals surface area contributed by atoms with E-state index >= 15 is 0 Å². The lowest BCUT2D eigenvalue weighted by atomic mass is 10.2. The van der Waals surface area contributed by atoms with Crippen LogP contribution in [0, 0.1) is 0 Å². The predicted octanol–water partition coefficient (Wildman–Crippen LogP) is 3.88. The quantitative estimate of drug-likeness (QED) is 0.609. The highest BCUT2D eigenvalue weighted by molar-refractivity contribution is 7.16. The van der Waals surface area contributed by atoms with Crippen LogP contribution < -0.4 is 10.1 Å². The Hall–Kier alpha value is -2.68. The standard InChI is InChI=1S/C19H15Cl2N3O4S/c1-10(25)22-12-4-6-15-16(8-12)29-19(24(15)9-17(26)28-2)23-18(27)13-7-11(20)3-5-14(13)21/h3-8H,9H2,1-2H3,(H,22,25). The molecule has 29 heavy (non-hydrogen) atoms. The summed E-state index contributed by atoms with van der Waals surface area (Å²) in [6.45, 7) is 1.27. The number of carbonyl (C=O) groups excluding carboxylic acids is 3. The second kappa shape index (κ2) is 8.77. The van der Waals surface area contributed by atoms with Gasteiger partial charge < -0.3 is 14.6 Å². The topological polar surface area (TPSA) is 89.8 Å². The number of halogens is 2. The molecule has 0 saturated heterocycles. The average Bonchev–Trinajstić information content (AvgIpc) is 2.99. The van der Waals surface area contributed by atoms with E-state index in [4.69, 9.17) is 27.9 Å². The van der Waals surface area contributed by atoms with Gasteiger partial charge in [0.05, 0.1) is 27.9 Å². The second-order valence-corrected chi connectivity index (χ2v) is 7.80. The number of anilines is 1. The number of esters is 1. The number of nitrogens with one attached hydrogen (secondary N) is 1. The Bertz CT molecular complexity index is 1200. The third-order valence-corrected chi connectivity index (χ3v) is 5.48. The molecule has 0 aliphatic carbocycles. The lowest BCUT2D eigenvalue weighted by Crippen LogP contribution is -2.22. The third-order valence-electron chi connectivity index (χ3n) is 3.87. The predicted molar refractivity (Wildman–Crippen MR) is 112 cm³/mol. The summed E-state index contributed by atoms with van der Waals surface area (Å²) in [5.41, 5.74) is 1.41. The van der Waals surface area contributed by atoms with Crippen LogP contribution in [0.3, 0.4) is 0 Å². The first kappa shape index (κ1) is 21.0. The Morgan fingerprint density at radius 3 is 2.62 bits per heavy atom. The van der Waals surface area contributed by atoms with E-state index in [0.29, 0.717) is 16.2 Å². The highest BCUT2D eigenvalue weighted by atomic mass is 35.5. The van der Waals surface area contributed by atoms with Gasteiger partial charge in [0.25, 0.3) is 5.91 Å². The van der Waals surface area contributed by atoms with Crippen molar-refractivity contribution < 1.29 is 19.1 Å². The van der Waals surface area contributed by atoms with E-state index in [2.05, 4.69) is 10.3 Å². The minimum atomic E-state index is -0.593. The number of methoxy groups -OCH3 is 1. The van der Waals surface area contributed by atoms with Gasteiger partial charge in [-0.15, -0.1) is 0 Å². The number of hydrogen-bond donors (Lipinski definition) is 1. The van der Waals surface area contributed by atoms with E-state index in [9.17, 15) is 14.4 Å². The van der Waals surface area contributed by atoms with Crippen LogP contribution in [0.5, 0.6) is 0 Å². The van der Waals surface area contributed by atoms with Gasteiger partial charge in [0, 0.05) is 17.6 Å². The van der Waals surface area contributed by atoms with Crippen LogP contribution in [0.2, 0.25) is 10.0 Å². The zero-order valence-electron chi connectivity index (χ0n) is 15.4. The maximum Gasteiger partial charge on any atom is 0.325 e. The van der Waals surface area contributed by atoms with Gasteiger partial charge in [0.1, 0.15) is 6.54 Å². The van der Waals surface area contributed by atoms with Gasteiger partial charge in [-0.25, -0.2) is 0 Å². The zero-order valence-corrected chi connectivity index (χ0v) is 17.7. The number of hydrogen-bond acceptors (Lipinski definition) is 5. The Morgan fingerprint density at radius 2 is 1.93 bits per heavy atom. The first-order valence-corrected chi connectivity index (χ1v) is 9.87. The molecule has 150 valence electrons. The molecule has 0 bridgehead atoms. The van der Waals surface area contributed by atoms with E-state index in [1.54, 1.807) is 28.8 Å².